The Morgan fingerprint density at radius 3 is 2.39 bits per heavy atom. The number of ether oxygens (including phenoxy) is 2. The second-order valence-corrected chi connectivity index (χ2v) is 8.03. The maximum absolute atomic E-state index is 12.9. The molecule has 0 aliphatic carbocycles. The zero-order valence-electron chi connectivity index (χ0n) is 18.8. The van der Waals surface area contributed by atoms with E-state index < -0.39 is 0 Å². The van der Waals surface area contributed by atoms with Crippen molar-refractivity contribution in [3.8, 4) is 23.0 Å². The quantitative estimate of drug-likeness (QED) is 0.428. The Bertz CT molecular complexity index is 1260. The van der Waals surface area contributed by atoms with Crippen LogP contribution in [0.25, 0.3) is 11.5 Å². The van der Waals surface area contributed by atoms with E-state index in [1.54, 1.807) is 4.90 Å². The molecule has 33 heavy (non-hydrogen) atoms. The maximum atomic E-state index is 12.9. The lowest BCUT2D eigenvalue weighted by atomic mass is 10.2. The first-order valence-electron chi connectivity index (χ1n) is 11.1. The molecule has 168 valence electrons. The Hall–Kier alpha value is -4.00. The largest absolute Gasteiger partial charge is 0.494 e. The molecule has 0 saturated heterocycles. The summed E-state index contributed by atoms with van der Waals surface area (Å²) in [6, 6.07) is 19.6. The van der Waals surface area contributed by atoms with E-state index in [9.17, 15) is 4.79 Å². The predicted molar refractivity (Wildman–Crippen MR) is 125 cm³/mol. The minimum absolute atomic E-state index is 0.0189. The summed E-state index contributed by atoms with van der Waals surface area (Å²) in [6.45, 7) is 5.57. The van der Waals surface area contributed by atoms with E-state index in [1.807, 2.05) is 66.5 Å². The highest BCUT2D eigenvalue weighted by Gasteiger charge is 2.31. The zero-order valence-corrected chi connectivity index (χ0v) is 18.8. The van der Waals surface area contributed by atoms with Crippen LogP contribution in [0.1, 0.15) is 23.7 Å². The number of fused-ring (bicyclic) bond motifs is 1. The van der Waals surface area contributed by atoms with Crippen molar-refractivity contribution in [1.82, 2.24) is 19.2 Å². The number of amides is 1. The van der Waals surface area contributed by atoms with Gasteiger partial charge in [0.05, 0.1) is 31.1 Å². The maximum Gasteiger partial charge on any atom is 0.261 e. The number of carbonyl (C=O) groups excluding carboxylic acids is 1. The molecule has 0 bridgehead atoms. The summed E-state index contributed by atoms with van der Waals surface area (Å²) in [6.07, 6.45) is 4.01. The SMILES string of the molecule is CCOc1ccc(OCC(=O)N2Cc3nn(-c4cccc(C)c4)c(-n4cccc4)c3C2)cc1. The van der Waals surface area contributed by atoms with Crippen molar-refractivity contribution >= 4 is 5.91 Å². The van der Waals surface area contributed by atoms with Gasteiger partial charge in [-0.3, -0.25) is 4.79 Å². The van der Waals surface area contributed by atoms with Gasteiger partial charge in [-0.1, -0.05) is 12.1 Å². The molecule has 1 aliphatic heterocycles. The fourth-order valence-electron chi connectivity index (χ4n) is 4.09. The van der Waals surface area contributed by atoms with Crippen LogP contribution < -0.4 is 9.47 Å². The summed E-state index contributed by atoms with van der Waals surface area (Å²) < 4.78 is 15.2. The lowest BCUT2D eigenvalue weighted by Gasteiger charge is -2.18. The molecule has 0 saturated carbocycles. The van der Waals surface area contributed by atoms with Gasteiger partial charge in [-0.15, -0.1) is 0 Å². The third-order valence-electron chi connectivity index (χ3n) is 5.67. The van der Waals surface area contributed by atoms with Crippen molar-refractivity contribution in [2.45, 2.75) is 26.9 Å². The van der Waals surface area contributed by atoms with Crippen LogP contribution in [0, 0.1) is 6.92 Å². The van der Waals surface area contributed by atoms with Crippen LogP contribution in [0.4, 0.5) is 0 Å². The van der Waals surface area contributed by atoms with Crippen molar-refractivity contribution in [2.75, 3.05) is 13.2 Å². The van der Waals surface area contributed by atoms with Crippen LogP contribution in [0.2, 0.25) is 0 Å². The summed E-state index contributed by atoms with van der Waals surface area (Å²) in [5.74, 6) is 2.32. The van der Waals surface area contributed by atoms with Gasteiger partial charge in [0.1, 0.15) is 17.3 Å². The molecule has 4 aromatic rings. The third kappa shape index (κ3) is 4.22. The molecule has 7 heteroatoms. The lowest BCUT2D eigenvalue weighted by molar-refractivity contribution is -0.134. The Balaban J connectivity index is 1.33. The Kier molecular flexibility index (Phi) is 5.60. The van der Waals surface area contributed by atoms with E-state index in [2.05, 4.69) is 29.7 Å². The van der Waals surface area contributed by atoms with Gasteiger partial charge in [0, 0.05) is 18.0 Å². The minimum Gasteiger partial charge on any atom is -0.494 e. The standard InChI is InChI=1S/C26H26N4O3/c1-3-32-21-9-11-22(12-10-21)33-18-25(31)29-16-23-24(17-29)27-30(20-8-6-7-19(2)15-20)26(23)28-13-4-5-14-28/h4-15H,3,16-18H2,1-2H3. The van der Waals surface area contributed by atoms with Crippen LogP contribution in [0.15, 0.2) is 73.1 Å². The van der Waals surface area contributed by atoms with E-state index in [0.29, 0.717) is 25.4 Å². The first-order chi connectivity index (χ1) is 16.1. The molecule has 0 unspecified atom stereocenters. The van der Waals surface area contributed by atoms with Crippen molar-refractivity contribution in [3.05, 3.63) is 89.9 Å². The molecule has 2 aromatic carbocycles. The van der Waals surface area contributed by atoms with Crippen molar-refractivity contribution in [2.24, 2.45) is 0 Å². The van der Waals surface area contributed by atoms with Crippen LogP contribution in [0.3, 0.4) is 0 Å². The molecule has 0 spiro atoms. The number of hydrogen-bond acceptors (Lipinski definition) is 4. The number of rotatable bonds is 7. The second kappa shape index (κ2) is 8.86. The number of carbonyl (C=O) groups is 1. The molecule has 2 aromatic heterocycles. The lowest BCUT2D eigenvalue weighted by Crippen LogP contribution is -2.31. The number of nitrogens with zero attached hydrogens (tertiary/aromatic N) is 4. The van der Waals surface area contributed by atoms with E-state index in [1.165, 1.54) is 5.56 Å². The highest BCUT2D eigenvalue weighted by atomic mass is 16.5. The van der Waals surface area contributed by atoms with Gasteiger partial charge in [-0.25, -0.2) is 4.68 Å². The predicted octanol–water partition coefficient (Wildman–Crippen LogP) is 4.29. The van der Waals surface area contributed by atoms with Gasteiger partial charge in [0.15, 0.2) is 6.61 Å². The van der Waals surface area contributed by atoms with E-state index in [0.717, 1.165) is 28.5 Å². The number of aromatic nitrogens is 3. The Labute approximate surface area is 192 Å². The van der Waals surface area contributed by atoms with Crippen LogP contribution >= 0.6 is 0 Å². The van der Waals surface area contributed by atoms with E-state index >= 15 is 0 Å². The molecule has 0 fully saturated rings. The summed E-state index contributed by atoms with van der Waals surface area (Å²) >= 11 is 0. The normalized spacial score (nSPS) is 12.6. The van der Waals surface area contributed by atoms with Gasteiger partial charge in [0.25, 0.3) is 5.91 Å². The molecule has 3 heterocycles. The molecular formula is C26H26N4O3. The van der Waals surface area contributed by atoms with E-state index in [4.69, 9.17) is 14.6 Å². The van der Waals surface area contributed by atoms with Crippen molar-refractivity contribution < 1.29 is 14.3 Å². The molecular weight excluding hydrogens is 416 g/mol. The van der Waals surface area contributed by atoms with Gasteiger partial charge >= 0.3 is 0 Å². The number of benzene rings is 2. The number of hydrogen-bond donors (Lipinski definition) is 0. The van der Waals surface area contributed by atoms with Crippen molar-refractivity contribution in [3.63, 3.8) is 0 Å². The monoisotopic (exact) mass is 442 g/mol. The highest BCUT2D eigenvalue weighted by Crippen LogP contribution is 2.31. The summed E-state index contributed by atoms with van der Waals surface area (Å²) in [5, 5.41) is 4.88. The fraction of sp³-hybridized carbons (Fsp3) is 0.231. The average Bonchev–Trinajstić information content (AvgIpc) is 3.55. The van der Waals surface area contributed by atoms with Gasteiger partial charge in [0.2, 0.25) is 0 Å². The molecule has 0 atom stereocenters. The Morgan fingerprint density at radius 2 is 1.70 bits per heavy atom. The summed E-state index contributed by atoms with van der Waals surface area (Å²) in [7, 11) is 0. The minimum atomic E-state index is -0.0672. The molecule has 1 aliphatic rings. The zero-order chi connectivity index (χ0) is 22.8. The van der Waals surface area contributed by atoms with Gasteiger partial charge < -0.3 is 18.9 Å². The molecule has 7 nitrogen and oxygen atoms in total. The first-order valence-corrected chi connectivity index (χ1v) is 11.1. The molecule has 0 N–H and O–H groups in total. The topological polar surface area (TPSA) is 61.5 Å². The van der Waals surface area contributed by atoms with Crippen LogP contribution in [-0.2, 0) is 17.9 Å². The van der Waals surface area contributed by atoms with Crippen molar-refractivity contribution in [1.29, 1.82) is 0 Å². The third-order valence-corrected chi connectivity index (χ3v) is 5.67. The summed E-state index contributed by atoms with van der Waals surface area (Å²) in [4.78, 5) is 14.7. The highest BCUT2D eigenvalue weighted by molar-refractivity contribution is 5.78. The van der Waals surface area contributed by atoms with Crippen LogP contribution in [-0.4, -0.2) is 38.4 Å². The van der Waals surface area contributed by atoms with Gasteiger partial charge in [-0.05, 0) is 67.9 Å². The number of aryl methyl sites for hydroxylation is 1. The molecule has 1 amide bonds. The van der Waals surface area contributed by atoms with Crippen LogP contribution in [0.5, 0.6) is 11.5 Å². The smallest absolute Gasteiger partial charge is 0.261 e. The fourth-order valence-corrected chi connectivity index (χ4v) is 4.09. The van der Waals surface area contributed by atoms with E-state index in [-0.39, 0.29) is 12.5 Å². The second-order valence-electron chi connectivity index (χ2n) is 8.03. The Morgan fingerprint density at radius 1 is 0.970 bits per heavy atom. The van der Waals surface area contributed by atoms with Gasteiger partial charge in [-0.2, -0.15) is 5.10 Å². The summed E-state index contributed by atoms with van der Waals surface area (Å²) in [5.41, 5.74) is 4.14. The average molecular weight is 443 g/mol. The first kappa shape index (κ1) is 20.9. The molecule has 0 radical (unpaired) electrons. The molecule has 5 rings (SSSR count).